The zero-order chi connectivity index (χ0) is 17.5. The van der Waals surface area contributed by atoms with E-state index in [4.69, 9.17) is 23.7 Å². The fourth-order valence-corrected chi connectivity index (χ4v) is 2.34. The first kappa shape index (κ1) is 20.8. The zero-order valence-corrected chi connectivity index (χ0v) is 14.9. The van der Waals surface area contributed by atoms with Gasteiger partial charge in [0.15, 0.2) is 18.4 Å². The molecule has 23 heavy (non-hydrogen) atoms. The number of rotatable bonds is 11. The van der Waals surface area contributed by atoms with E-state index in [1.807, 2.05) is 6.92 Å². The number of aliphatic hydroxyl groups is 2. The van der Waals surface area contributed by atoms with Crippen LogP contribution in [0.25, 0.3) is 0 Å². The van der Waals surface area contributed by atoms with Crippen LogP contribution in [0.3, 0.4) is 0 Å². The molecule has 1 aliphatic rings. The molecule has 0 aliphatic carbocycles. The minimum Gasteiger partial charge on any atom is -0.394 e. The summed E-state index contributed by atoms with van der Waals surface area (Å²) in [5, 5.41) is 19.1. The van der Waals surface area contributed by atoms with E-state index in [0.29, 0.717) is 13.0 Å². The number of hydrogen-bond acceptors (Lipinski definition) is 7. The predicted molar refractivity (Wildman–Crippen MR) is 83.7 cm³/mol. The van der Waals surface area contributed by atoms with Crippen molar-refractivity contribution in [2.75, 3.05) is 20.3 Å². The minimum atomic E-state index is -1.04. The van der Waals surface area contributed by atoms with Gasteiger partial charge < -0.3 is 33.9 Å². The van der Waals surface area contributed by atoms with Gasteiger partial charge >= 0.3 is 0 Å². The van der Waals surface area contributed by atoms with Crippen LogP contribution in [0.1, 0.15) is 47.0 Å². The molecule has 0 aromatic rings. The molecule has 0 aromatic heterocycles. The van der Waals surface area contributed by atoms with Crippen molar-refractivity contribution in [2.24, 2.45) is 0 Å². The Morgan fingerprint density at radius 2 is 2.04 bits per heavy atom. The molecule has 5 atom stereocenters. The quantitative estimate of drug-likeness (QED) is 0.436. The Hall–Kier alpha value is -0.280. The van der Waals surface area contributed by atoms with Gasteiger partial charge in [-0.15, -0.1) is 0 Å². The first-order valence-corrected chi connectivity index (χ1v) is 8.27. The first-order chi connectivity index (χ1) is 10.8. The summed E-state index contributed by atoms with van der Waals surface area (Å²) in [4.78, 5) is 0. The lowest BCUT2D eigenvalue weighted by Crippen LogP contribution is -2.40. The standard InChI is InChI=1S/C16H32O7/c1-6-7-8-20-11(2)21-13-9-14(23-16(3,4)19-5)22-15(13)12(18)10-17/h11-15,17-18H,6-10H2,1-5H3/t11?,12?,13-,14-,15-/m1/s1. The third-order valence-electron chi connectivity index (χ3n) is 3.79. The summed E-state index contributed by atoms with van der Waals surface area (Å²) in [6.07, 6.45) is -0.695. The Labute approximate surface area is 138 Å². The van der Waals surface area contributed by atoms with Crippen molar-refractivity contribution in [3.05, 3.63) is 0 Å². The molecule has 0 radical (unpaired) electrons. The van der Waals surface area contributed by atoms with E-state index in [1.165, 1.54) is 0 Å². The van der Waals surface area contributed by atoms with E-state index >= 15 is 0 Å². The second-order valence-corrected chi connectivity index (χ2v) is 6.20. The van der Waals surface area contributed by atoms with Gasteiger partial charge in [-0.05, 0) is 27.2 Å². The van der Waals surface area contributed by atoms with Crippen molar-refractivity contribution in [3.63, 3.8) is 0 Å². The van der Waals surface area contributed by atoms with Gasteiger partial charge in [0, 0.05) is 20.1 Å². The van der Waals surface area contributed by atoms with Crippen LogP contribution >= 0.6 is 0 Å². The van der Waals surface area contributed by atoms with Crippen molar-refractivity contribution in [1.82, 2.24) is 0 Å². The fourth-order valence-electron chi connectivity index (χ4n) is 2.34. The van der Waals surface area contributed by atoms with E-state index in [-0.39, 0.29) is 0 Å². The molecular weight excluding hydrogens is 304 g/mol. The molecule has 0 spiro atoms. The summed E-state index contributed by atoms with van der Waals surface area (Å²) < 4.78 is 28.1. The number of ether oxygens (including phenoxy) is 5. The van der Waals surface area contributed by atoms with Gasteiger partial charge in [-0.1, -0.05) is 13.3 Å². The van der Waals surface area contributed by atoms with Crippen molar-refractivity contribution >= 4 is 0 Å². The third-order valence-corrected chi connectivity index (χ3v) is 3.79. The first-order valence-electron chi connectivity index (χ1n) is 8.27. The van der Waals surface area contributed by atoms with E-state index < -0.39 is 43.3 Å². The second-order valence-electron chi connectivity index (χ2n) is 6.20. The summed E-state index contributed by atoms with van der Waals surface area (Å²) in [6, 6.07) is 0. The van der Waals surface area contributed by atoms with E-state index in [2.05, 4.69) is 6.92 Å². The van der Waals surface area contributed by atoms with Crippen LogP contribution in [0.5, 0.6) is 0 Å². The molecule has 0 amide bonds. The number of hydrogen-bond donors (Lipinski definition) is 2. The maximum Gasteiger partial charge on any atom is 0.165 e. The molecule has 0 aromatic carbocycles. The van der Waals surface area contributed by atoms with E-state index in [1.54, 1.807) is 21.0 Å². The molecule has 0 bridgehead atoms. The number of aliphatic hydroxyl groups excluding tert-OH is 2. The Kier molecular flexibility index (Phi) is 8.92. The van der Waals surface area contributed by atoms with Crippen molar-refractivity contribution in [3.8, 4) is 0 Å². The van der Waals surface area contributed by atoms with Crippen LogP contribution in [0.4, 0.5) is 0 Å². The zero-order valence-electron chi connectivity index (χ0n) is 14.9. The average Bonchev–Trinajstić information content (AvgIpc) is 2.88. The molecule has 0 saturated carbocycles. The summed E-state index contributed by atoms with van der Waals surface area (Å²) in [5.74, 6) is -0.808. The maximum atomic E-state index is 9.95. The topological polar surface area (TPSA) is 86.6 Å². The lowest BCUT2D eigenvalue weighted by atomic mass is 10.1. The Morgan fingerprint density at radius 1 is 1.35 bits per heavy atom. The molecule has 1 aliphatic heterocycles. The third kappa shape index (κ3) is 7.01. The van der Waals surface area contributed by atoms with Crippen molar-refractivity contribution < 1.29 is 33.9 Å². The van der Waals surface area contributed by atoms with Gasteiger partial charge in [0.2, 0.25) is 0 Å². The molecule has 1 rings (SSSR count). The Bertz CT molecular complexity index is 324. The number of unbranched alkanes of at least 4 members (excludes halogenated alkanes) is 1. The van der Waals surface area contributed by atoms with Crippen LogP contribution in [-0.4, -0.2) is 67.2 Å². The van der Waals surface area contributed by atoms with Crippen LogP contribution in [0.2, 0.25) is 0 Å². The smallest absolute Gasteiger partial charge is 0.165 e. The largest absolute Gasteiger partial charge is 0.394 e. The molecule has 7 nitrogen and oxygen atoms in total. The molecule has 1 saturated heterocycles. The van der Waals surface area contributed by atoms with Gasteiger partial charge in [0.05, 0.1) is 12.7 Å². The summed E-state index contributed by atoms with van der Waals surface area (Å²) in [6.45, 7) is 7.67. The van der Waals surface area contributed by atoms with E-state index in [9.17, 15) is 10.2 Å². The predicted octanol–water partition coefficient (Wildman–Crippen LogP) is 1.40. The molecule has 1 fully saturated rings. The van der Waals surface area contributed by atoms with Gasteiger partial charge in [-0.25, -0.2) is 0 Å². The SMILES string of the molecule is CCCCOC(C)O[C@@H]1C[C@@H](OC(C)(C)OC)O[C@@H]1C(O)CO. The summed E-state index contributed by atoms with van der Waals surface area (Å²) in [5.41, 5.74) is 0. The second kappa shape index (κ2) is 9.88. The molecule has 2 unspecified atom stereocenters. The minimum absolute atomic E-state index is 0.407. The molecule has 138 valence electrons. The lowest BCUT2D eigenvalue weighted by Gasteiger charge is -2.27. The summed E-state index contributed by atoms with van der Waals surface area (Å²) >= 11 is 0. The Morgan fingerprint density at radius 3 is 2.61 bits per heavy atom. The van der Waals surface area contributed by atoms with Crippen LogP contribution < -0.4 is 0 Å². The van der Waals surface area contributed by atoms with Crippen LogP contribution in [-0.2, 0) is 23.7 Å². The summed E-state index contributed by atoms with van der Waals surface area (Å²) in [7, 11) is 1.55. The highest BCUT2D eigenvalue weighted by atomic mass is 16.8. The lowest BCUT2D eigenvalue weighted by molar-refractivity contribution is -0.284. The highest BCUT2D eigenvalue weighted by molar-refractivity contribution is 4.86. The highest BCUT2D eigenvalue weighted by Gasteiger charge is 2.43. The van der Waals surface area contributed by atoms with Gasteiger partial charge in [-0.2, -0.15) is 0 Å². The van der Waals surface area contributed by atoms with Gasteiger partial charge in [-0.3, -0.25) is 0 Å². The van der Waals surface area contributed by atoms with Crippen LogP contribution in [0.15, 0.2) is 0 Å². The maximum absolute atomic E-state index is 9.95. The molecule has 2 N–H and O–H groups in total. The monoisotopic (exact) mass is 336 g/mol. The van der Waals surface area contributed by atoms with Crippen LogP contribution in [0, 0.1) is 0 Å². The normalized spacial score (nSPS) is 28.0. The van der Waals surface area contributed by atoms with Gasteiger partial charge in [0.25, 0.3) is 0 Å². The average molecular weight is 336 g/mol. The highest BCUT2D eigenvalue weighted by Crippen LogP contribution is 2.30. The number of methoxy groups -OCH3 is 1. The van der Waals surface area contributed by atoms with Crippen molar-refractivity contribution in [1.29, 1.82) is 0 Å². The molecule has 1 heterocycles. The molecular formula is C16H32O7. The molecule has 7 heteroatoms. The fraction of sp³-hybridized carbons (Fsp3) is 1.00. The van der Waals surface area contributed by atoms with Gasteiger partial charge in [0.1, 0.15) is 12.2 Å². The Balaban J connectivity index is 2.59. The van der Waals surface area contributed by atoms with E-state index in [0.717, 1.165) is 12.8 Å². The van der Waals surface area contributed by atoms with Crippen molar-refractivity contribution in [2.45, 2.75) is 83.6 Å².